The molecule has 5 rings (SSSR count). The summed E-state index contributed by atoms with van der Waals surface area (Å²) in [6.45, 7) is 5.81. The molecule has 6 nitrogen and oxygen atoms in total. The average molecular weight is 496 g/mol. The number of aryl methyl sites for hydroxylation is 1. The molecular formula is C26H30ClN5OS. The zero-order valence-electron chi connectivity index (χ0n) is 19.3. The predicted molar refractivity (Wildman–Crippen MR) is 144 cm³/mol. The van der Waals surface area contributed by atoms with Gasteiger partial charge in [-0.25, -0.2) is 0 Å². The number of rotatable bonds is 6. The van der Waals surface area contributed by atoms with Crippen LogP contribution in [0.3, 0.4) is 0 Å². The Kier molecular flexibility index (Phi) is 8.00. The zero-order valence-corrected chi connectivity index (χ0v) is 20.9. The van der Waals surface area contributed by atoms with Gasteiger partial charge in [-0.1, -0.05) is 18.2 Å². The normalized spacial score (nSPS) is 14.5. The molecule has 1 aromatic carbocycles. The van der Waals surface area contributed by atoms with E-state index in [0.29, 0.717) is 6.54 Å². The molecule has 0 bridgehead atoms. The number of pyridine rings is 2. The van der Waals surface area contributed by atoms with Crippen molar-refractivity contribution in [2.75, 3.05) is 31.5 Å². The van der Waals surface area contributed by atoms with Crippen molar-refractivity contribution in [3.63, 3.8) is 0 Å². The van der Waals surface area contributed by atoms with Crippen LogP contribution in [0.2, 0.25) is 0 Å². The van der Waals surface area contributed by atoms with E-state index >= 15 is 0 Å². The van der Waals surface area contributed by atoms with E-state index in [9.17, 15) is 4.79 Å². The first kappa shape index (κ1) is 24.4. The van der Waals surface area contributed by atoms with Gasteiger partial charge in [0.15, 0.2) is 0 Å². The van der Waals surface area contributed by atoms with Gasteiger partial charge in [0, 0.05) is 59.9 Å². The van der Waals surface area contributed by atoms with Crippen molar-refractivity contribution >= 4 is 39.5 Å². The van der Waals surface area contributed by atoms with Crippen molar-refractivity contribution in [3.8, 4) is 11.1 Å². The number of anilines is 1. The molecule has 0 saturated carbocycles. The highest BCUT2D eigenvalue weighted by atomic mass is 35.5. The largest absolute Gasteiger partial charge is 0.379 e. The minimum atomic E-state index is 0. The van der Waals surface area contributed by atoms with Crippen molar-refractivity contribution in [1.82, 2.24) is 19.8 Å². The number of nitrogens with zero attached hydrogens (tertiary/aromatic N) is 3. The molecule has 3 aromatic heterocycles. The molecule has 1 aliphatic rings. The number of halogens is 1. The van der Waals surface area contributed by atoms with Crippen molar-refractivity contribution in [2.24, 2.45) is 7.05 Å². The molecule has 0 aliphatic carbocycles. The van der Waals surface area contributed by atoms with E-state index in [-0.39, 0.29) is 18.0 Å². The molecule has 0 atom stereocenters. The molecule has 4 heterocycles. The van der Waals surface area contributed by atoms with E-state index in [2.05, 4.69) is 50.8 Å². The summed E-state index contributed by atoms with van der Waals surface area (Å²) < 4.78 is 2.78. The van der Waals surface area contributed by atoms with Gasteiger partial charge in [0.05, 0.1) is 17.6 Å². The maximum atomic E-state index is 12.9. The maximum Gasteiger partial charge on any atom is 0.259 e. The molecule has 0 amide bonds. The Morgan fingerprint density at radius 1 is 1.12 bits per heavy atom. The van der Waals surface area contributed by atoms with Crippen molar-refractivity contribution < 1.29 is 0 Å². The molecule has 4 aromatic rings. The summed E-state index contributed by atoms with van der Waals surface area (Å²) in [5.74, 6) is 0. The second kappa shape index (κ2) is 11.1. The Morgan fingerprint density at radius 3 is 2.88 bits per heavy atom. The summed E-state index contributed by atoms with van der Waals surface area (Å²) in [5.41, 5.74) is 4.31. The monoisotopic (exact) mass is 495 g/mol. The van der Waals surface area contributed by atoms with Gasteiger partial charge in [-0.3, -0.25) is 14.7 Å². The number of benzene rings is 1. The molecule has 0 unspecified atom stereocenters. The Morgan fingerprint density at radius 2 is 2.03 bits per heavy atom. The maximum absolute atomic E-state index is 12.9. The Hall–Kier alpha value is -2.71. The van der Waals surface area contributed by atoms with Crippen LogP contribution in [0.5, 0.6) is 0 Å². The van der Waals surface area contributed by atoms with Gasteiger partial charge in [-0.05, 0) is 55.4 Å². The molecule has 8 heteroatoms. The first-order chi connectivity index (χ1) is 16.2. The first-order valence-corrected chi connectivity index (χ1v) is 12.3. The van der Waals surface area contributed by atoms with Crippen LogP contribution in [0.25, 0.3) is 21.2 Å². The molecule has 178 valence electrons. The summed E-state index contributed by atoms with van der Waals surface area (Å²) >= 11 is 1.75. The Balaban J connectivity index is 0.00000274. The van der Waals surface area contributed by atoms with Crippen LogP contribution >= 0.6 is 23.7 Å². The number of aromatic nitrogens is 2. The van der Waals surface area contributed by atoms with Gasteiger partial charge in [0.1, 0.15) is 0 Å². The van der Waals surface area contributed by atoms with Crippen LogP contribution in [0, 0.1) is 0 Å². The highest BCUT2D eigenvalue weighted by Gasteiger charge is 2.16. The third kappa shape index (κ3) is 5.50. The fourth-order valence-corrected chi connectivity index (χ4v) is 5.58. The van der Waals surface area contributed by atoms with Crippen LogP contribution in [0.1, 0.15) is 17.0 Å². The highest BCUT2D eigenvalue weighted by Crippen LogP contribution is 2.34. The molecule has 34 heavy (non-hydrogen) atoms. The van der Waals surface area contributed by atoms with E-state index in [0.717, 1.165) is 71.7 Å². The smallest absolute Gasteiger partial charge is 0.259 e. The fraction of sp³-hybridized carbons (Fsp3) is 0.308. The first-order valence-electron chi connectivity index (χ1n) is 11.5. The van der Waals surface area contributed by atoms with E-state index in [1.165, 1.54) is 4.88 Å². The second-order valence-electron chi connectivity index (χ2n) is 8.55. The topological polar surface area (TPSA) is 62.2 Å². The Labute approximate surface area is 210 Å². The third-order valence-corrected chi connectivity index (χ3v) is 7.24. The van der Waals surface area contributed by atoms with Gasteiger partial charge < -0.3 is 15.2 Å². The molecular weight excluding hydrogens is 466 g/mol. The molecule has 1 fully saturated rings. The lowest BCUT2D eigenvalue weighted by molar-refractivity contribution is 0.287. The fourth-order valence-electron chi connectivity index (χ4n) is 4.36. The molecule has 1 saturated heterocycles. The van der Waals surface area contributed by atoms with Gasteiger partial charge >= 0.3 is 0 Å². The van der Waals surface area contributed by atoms with Crippen molar-refractivity contribution in [3.05, 3.63) is 81.8 Å². The van der Waals surface area contributed by atoms with Crippen LogP contribution in [-0.4, -0.2) is 40.6 Å². The minimum absolute atomic E-state index is 0. The van der Waals surface area contributed by atoms with Crippen LogP contribution < -0.4 is 16.2 Å². The third-order valence-electron chi connectivity index (χ3n) is 6.09. The predicted octanol–water partition coefficient (Wildman–Crippen LogP) is 4.49. The quantitative estimate of drug-likeness (QED) is 0.412. The lowest BCUT2D eigenvalue weighted by atomic mass is 10.1. The molecule has 2 N–H and O–H groups in total. The second-order valence-corrected chi connectivity index (χ2v) is 9.69. The summed E-state index contributed by atoms with van der Waals surface area (Å²) in [6, 6.07) is 16.4. The van der Waals surface area contributed by atoms with Crippen molar-refractivity contribution in [2.45, 2.75) is 19.5 Å². The highest BCUT2D eigenvalue weighted by molar-refractivity contribution is 7.19. The minimum Gasteiger partial charge on any atom is -0.379 e. The number of fused-ring (bicyclic) bond motifs is 1. The summed E-state index contributed by atoms with van der Waals surface area (Å²) in [6.07, 6.45) is 4.94. The van der Waals surface area contributed by atoms with Crippen LogP contribution in [-0.2, 0) is 20.1 Å². The van der Waals surface area contributed by atoms with Gasteiger partial charge in [0.25, 0.3) is 5.56 Å². The lowest BCUT2D eigenvalue weighted by Crippen LogP contribution is -2.27. The van der Waals surface area contributed by atoms with E-state index in [4.69, 9.17) is 0 Å². The van der Waals surface area contributed by atoms with E-state index in [1.807, 2.05) is 37.6 Å². The SMILES string of the molecule is Cl.Cn1cc(-c2cccc(NCc3ccccn3)c2)c2sc(CN3CCCNCC3)cc2c1=O. The van der Waals surface area contributed by atoms with E-state index < -0.39 is 0 Å². The van der Waals surface area contributed by atoms with Crippen LogP contribution in [0.15, 0.2) is 65.7 Å². The standard InChI is InChI=1S/C26H29N5OS.ClH/c1-30-18-24(19-6-4-8-20(14-19)29-16-21-7-2-3-10-28-21)25-23(26(30)32)15-22(33-25)17-31-12-5-9-27-11-13-31;/h2-4,6-8,10,14-15,18,27,29H,5,9,11-13,16-17H2,1H3;1H. The average Bonchev–Trinajstić information content (AvgIpc) is 3.09. The van der Waals surface area contributed by atoms with Gasteiger partial charge in [-0.2, -0.15) is 0 Å². The van der Waals surface area contributed by atoms with Gasteiger partial charge in [-0.15, -0.1) is 23.7 Å². The summed E-state index contributed by atoms with van der Waals surface area (Å²) in [7, 11) is 1.84. The lowest BCUT2D eigenvalue weighted by Gasteiger charge is -2.17. The Bertz CT molecular complexity index is 1300. The van der Waals surface area contributed by atoms with Crippen LogP contribution in [0.4, 0.5) is 5.69 Å². The number of hydrogen-bond acceptors (Lipinski definition) is 6. The molecule has 1 aliphatic heterocycles. The number of nitrogens with one attached hydrogen (secondary N) is 2. The van der Waals surface area contributed by atoms with E-state index in [1.54, 1.807) is 15.9 Å². The summed E-state index contributed by atoms with van der Waals surface area (Å²) in [4.78, 5) is 21.0. The van der Waals surface area contributed by atoms with Gasteiger partial charge in [0.2, 0.25) is 0 Å². The number of hydrogen-bond donors (Lipinski definition) is 2. The molecule has 0 spiro atoms. The summed E-state index contributed by atoms with van der Waals surface area (Å²) in [5, 5.41) is 7.75. The van der Waals surface area contributed by atoms with Crippen molar-refractivity contribution in [1.29, 1.82) is 0 Å². The number of thiophene rings is 1. The molecule has 0 radical (unpaired) electrons. The zero-order chi connectivity index (χ0) is 22.6.